The van der Waals surface area contributed by atoms with Gasteiger partial charge < -0.3 is 26.2 Å². The van der Waals surface area contributed by atoms with E-state index in [1.54, 1.807) is 24.3 Å². The molecule has 0 saturated carbocycles. The molecule has 2 aromatic carbocycles. The average molecular weight is 345 g/mol. The first-order chi connectivity index (χ1) is 11.8. The summed E-state index contributed by atoms with van der Waals surface area (Å²) in [6, 6.07) is 11.7. The molecule has 0 heterocycles. The first kappa shape index (κ1) is 19.7. The van der Waals surface area contributed by atoms with Gasteiger partial charge in [-0.05, 0) is 47.9 Å². The second kappa shape index (κ2) is 9.74. The summed E-state index contributed by atoms with van der Waals surface area (Å²) in [5.41, 5.74) is 6.87. The van der Waals surface area contributed by atoms with Crippen LogP contribution in [0.1, 0.15) is 11.1 Å². The van der Waals surface area contributed by atoms with Crippen molar-refractivity contribution in [3.8, 4) is 11.5 Å². The molecule has 0 aromatic heterocycles. The molecule has 2 aromatic rings. The summed E-state index contributed by atoms with van der Waals surface area (Å²) < 4.78 is 0. The van der Waals surface area contributed by atoms with E-state index >= 15 is 0 Å². The number of benzene rings is 2. The molecule has 1 atom stereocenters. The molecule has 2 rings (SSSR count). The van der Waals surface area contributed by atoms with Crippen molar-refractivity contribution in [3.63, 3.8) is 0 Å². The Morgan fingerprint density at radius 2 is 1.40 bits per heavy atom. The standard InChI is InChI=1S/C9H11NO3.C9H8O3/c10-8(9(12)13)5-6-1-3-7(11)4-2-6;10-8-4-1-7(2-5-8)3-6-9(11)12/h1-4,8,11H,5,10H2,(H,12,13);1-6,10H,(H,11,12)/b;6-3+/t8-;/m0./s1. The molecule has 0 aliphatic carbocycles. The van der Waals surface area contributed by atoms with Gasteiger partial charge in [-0.1, -0.05) is 24.3 Å². The normalized spacial score (nSPS) is 11.4. The van der Waals surface area contributed by atoms with E-state index in [0.717, 1.165) is 17.2 Å². The van der Waals surface area contributed by atoms with E-state index in [1.807, 2.05) is 0 Å². The smallest absolute Gasteiger partial charge is 0.328 e. The Bertz CT molecular complexity index is 722. The minimum absolute atomic E-state index is 0.160. The van der Waals surface area contributed by atoms with Gasteiger partial charge in [0.15, 0.2) is 0 Å². The van der Waals surface area contributed by atoms with Crippen LogP contribution in [0.25, 0.3) is 6.08 Å². The molecule has 0 bridgehead atoms. The first-order valence-corrected chi connectivity index (χ1v) is 7.24. The molecule has 0 fully saturated rings. The fourth-order valence-electron chi connectivity index (χ4n) is 1.73. The largest absolute Gasteiger partial charge is 0.508 e. The van der Waals surface area contributed by atoms with Crippen LogP contribution in [0, 0.1) is 0 Å². The highest BCUT2D eigenvalue weighted by molar-refractivity contribution is 5.85. The number of phenolic OH excluding ortho intramolecular Hbond substituents is 2. The van der Waals surface area contributed by atoms with E-state index in [4.69, 9.17) is 26.2 Å². The topological polar surface area (TPSA) is 141 Å². The summed E-state index contributed by atoms with van der Waals surface area (Å²) in [5.74, 6) is -1.67. The highest BCUT2D eigenvalue weighted by atomic mass is 16.4. The number of rotatable bonds is 5. The lowest BCUT2D eigenvalue weighted by atomic mass is 10.1. The molecule has 0 unspecified atom stereocenters. The van der Waals surface area contributed by atoms with Gasteiger partial charge in [0.2, 0.25) is 0 Å². The van der Waals surface area contributed by atoms with E-state index in [0.29, 0.717) is 0 Å². The second-order valence-corrected chi connectivity index (χ2v) is 5.08. The van der Waals surface area contributed by atoms with Gasteiger partial charge in [0.1, 0.15) is 17.5 Å². The molecule has 0 saturated heterocycles. The second-order valence-electron chi connectivity index (χ2n) is 5.08. The monoisotopic (exact) mass is 345 g/mol. The van der Waals surface area contributed by atoms with Crippen LogP contribution in [0.15, 0.2) is 54.6 Å². The van der Waals surface area contributed by atoms with E-state index in [1.165, 1.54) is 30.3 Å². The van der Waals surface area contributed by atoms with Crippen LogP contribution in [0.2, 0.25) is 0 Å². The zero-order chi connectivity index (χ0) is 18.8. The minimum atomic E-state index is -1.02. The summed E-state index contributed by atoms with van der Waals surface area (Å²) in [7, 11) is 0. The maximum Gasteiger partial charge on any atom is 0.328 e. The van der Waals surface area contributed by atoms with Crippen molar-refractivity contribution in [2.45, 2.75) is 12.5 Å². The van der Waals surface area contributed by atoms with E-state index in [2.05, 4.69) is 0 Å². The van der Waals surface area contributed by atoms with Gasteiger partial charge in [0.05, 0.1) is 0 Å². The number of aromatic hydroxyl groups is 2. The van der Waals surface area contributed by atoms with Crippen molar-refractivity contribution >= 4 is 18.0 Å². The molecular formula is C18H19NO6. The number of phenols is 2. The number of aliphatic carboxylic acids is 2. The van der Waals surface area contributed by atoms with Crippen LogP contribution in [-0.2, 0) is 16.0 Å². The third-order valence-corrected chi connectivity index (χ3v) is 3.02. The zero-order valence-corrected chi connectivity index (χ0v) is 13.2. The molecule has 0 aliphatic heterocycles. The van der Waals surface area contributed by atoms with Gasteiger partial charge in [-0.15, -0.1) is 0 Å². The third-order valence-electron chi connectivity index (χ3n) is 3.02. The maximum atomic E-state index is 10.4. The minimum Gasteiger partial charge on any atom is -0.508 e. The van der Waals surface area contributed by atoms with Crippen molar-refractivity contribution < 1.29 is 30.0 Å². The summed E-state index contributed by atoms with van der Waals surface area (Å²) in [5, 5.41) is 34.7. The van der Waals surface area contributed by atoms with Gasteiger partial charge in [-0.3, -0.25) is 4.79 Å². The van der Waals surface area contributed by atoms with Crippen LogP contribution in [0.3, 0.4) is 0 Å². The maximum absolute atomic E-state index is 10.4. The van der Waals surface area contributed by atoms with Gasteiger partial charge >= 0.3 is 11.9 Å². The highest BCUT2D eigenvalue weighted by Gasteiger charge is 2.11. The van der Waals surface area contributed by atoms with Crippen LogP contribution in [0.4, 0.5) is 0 Å². The molecule has 0 aliphatic rings. The van der Waals surface area contributed by atoms with Crippen molar-refractivity contribution in [2.75, 3.05) is 0 Å². The third kappa shape index (κ3) is 8.19. The molecule has 0 radical (unpaired) electrons. The Labute approximate surface area is 144 Å². The lowest BCUT2D eigenvalue weighted by Crippen LogP contribution is -2.32. The number of hydrogen-bond donors (Lipinski definition) is 5. The fourth-order valence-corrected chi connectivity index (χ4v) is 1.73. The quantitative estimate of drug-likeness (QED) is 0.521. The van der Waals surface area contributed by atoms with Gasteiger partial charge in [-0.2, -0.15) is 0 Å². The zero-order valence-electron chi connectivity index (χ0n) is 13.2. The Balaban J connectivity index is 0.000000251. The molecule has 6 N–H and O–H groups in total. The van der Waals surface area contributed by atoms with Crippen LogP contribution in [0.5, 0.6) is 11.5 Å². The Kier molecular flexibility index (Phi) is 7.68. The van der Waals surface area contributed by atoms with Crippen LogP contribution in [-0.4, -0.2) is 38.4 Å². The SMILES string of the molecule is N[C@@H](Cc1ccc(O)cc1)C(=O)O.O=C(O)/C=C/c1ccc(O)cc1. The van der Waals surface area contributed by atoms with E-state index < -0.39 is 18.0 Å². The number of hydrogen-bond acceptors (Lipinski definition) is 5. The lowest BCUT2D eigenvalue weighted by Gasteiger charge is -2.05. The van der Waals surface area contributed by atoms with Gasteiger partial charge in [-0.25, -0.2) is 4.79 Å². The number of carboxylic acids is 2. The molecule has 132 valence electrons. The van der Waals surface area contributed by atoms with Crippen molar-refractivity contribution in [1.82, 2.24) is 0 Å². The molecular weight excluding hydrogens is 326 g/mol. The molecule has 7 heteroatoms. The summed E-state index contributed by atoms with van der Waals surface area (Å²) >= 11 is 0. The van der Waals surface area contributed by atoms with Gasteiger partial charge in [0, 0.05) is 6.08 Å². The summed E-state index contributed by atoms with van der Waals surface area (Å²) in [6.45, 7) is 0. The van der Waals surface area contributed by atoms with Crippen molar-refractivity contribution in [2.24, 2.45) is 5.73 Å². The number of carbonyl (C=O) groups is 2. The van der Waals surface area contributed by atoms with Crippen LogP contribution >= 0.6 is 0 Å². The van der Waals surface area contributed by atoms with Gasteiger partial charge in [0.25, 0.3) is 0 Å². The number of nitrogens with two attached hydrogens (primary N) is 1. The fraction of sp³-hybridized carbons (Fsp3) is 0.111. The molecule has 0 amide bonds. The summed E-state index contributed by atoms with van der Waals surface area (Å²) in [4.78, 5) is 20.5. The molecule has 7 nitrogen and oxygen atoms in total. The highest BCUT2D eigenvalue weighted by Crippen LogP contribution is 2.11. The molecule has 0 spiro atoms. The summed E-state index contributed by atoms with van der Waals surface area (Å²) in [6.07, 6.45) is 2.78. The lowest BCUT2D eigenvalue weighted by molar-refractivity contribution is -0.138. The Morgan fingerprint density at radius 3 is 1.84 bits per heavy atom. The Hall–Kier alpha value is -3.32. The van der Waals surface area contributed by atoms with Crippen molar-refractivity contribution in [1.29, 1.82) is 0 Å². The predicted molar refractivity (Wildman–Crippen MR) is 92.2 cm³/mol. The average Bonchev–Trinajstić information content (AvgIpc) is 2.57. The van der Waals surface area contributed by atoms with Crippen LogP contribution < -0.4 is 5.73 Å². The first-order valence-electron chi connectivity index (χ1n) is 7.24. The molecule has 25 heavy (non-hydrogen) atoms. The van der Waals surface area contributed by atoms with E-state index in [-0.39, 0.29) is 17.9 Å². The Morgan fingerprint density at radius 1 is 0.920 bits per heavy atom. The van der Waals surface area contributed by atoms with E-state index in [9.17, 15) is 9.59 Å². The number of carboxylic acid groups (broad SMARTS) is 2. The predicted octanol–water partition coefficient (Wildman–Crippen LogP) is 1.84. The van der Waals surface area contributed by atoms with Crippen molar-refractivity contribution in [3.05, 3.63) is 65.7 Å².